The maximum Gasteiger partial charge on any atom is 0.0793 e. The van der Waals surface area contributed by atoms with Crippen molar-refractivity contribution in [1.82, 2.24) is 0 Å². The number of hydrogen-bond donors (Lipinski definition) is 0. The van der Waals surface area contributed by atoms with E-state index in [4.69, 9.17) is 9.47 Å². The van der Waals surface area contributed by atoms with E-state index in [1.54, 1.807) is 0 Å². The summed E-state index contributed by atoms with van der Waals surface area (Å²) in [5.74, 6) is 0. The molecule has 3 atom stereocenters. The Bertz CT molecular complexity index is 297. The second-order valence-corrected chi connectivity index (χ2v) is 12.4. The average Bonchev–Trinajstić information content (AvgIpc) is 2.52. The van der Waals surface area contributed by atoms with Crippen molar-refractivity contribution in [3.05, 3.63) is 0 Å². The summed E-state index contributed by atoms with van der Waals surface area (Å²) in [7, 11) is 0.226. The third kappa shape index (κ3) is 4.01. The van der Waals surface area contributed by atoms with E-state index in [9.17, 15) is 0 Å². The first-order chi connectivity index (χ1) is 10.1. The molecular weight excluding hydrogens is 292 g/mol. The Labute approximate surface area is 136 Å². The molecule has 4 heteroatoms. The van der Waals surface area contributed by atoms with Gasteiger partial charge in [0.15, 0.2) is 0 Å². The molecule has 2 aliphatic rings. The minimum absolute atomic E-state index is 0.141. The summed E-state index contributed by atoms with van der Waals surface area (Å²) in [6, 6.07) is 1.45. The van der Waals surface area contributed by atoms with Crippen LogP contribution in [0, 0.1) is 0 Å². The Hall–Kier alpha value is 0.354. The van der Waals surface area contributed by atoms with Crippen molar-refractivity contribution in [1.29, 1.82) is 0 Å². The first-order valence-corrected chi connectivity index (χ1v) is 13.0. The van der Waals surface area contributed by atoms with E-state index in [0.29, 0.717) is 0 Å². The molecule has 2 fully saturated rings. The van der Waals surface area contributed by atoms with Gasteiger partial charge in [-0.25, -0.2) is 0 Å². The van der Waals surface area contributed by atoms with E-state index in [2.05, 4.69) is 13.5 Å². The zero-order valence-corrected chi connectivity index (χ0v) is 17.7. The summed E-state index contributed by atoms with van der Waals surface area (Å²) in [6.07, 6.45) is 13.4. The van der Waals surface area contributed by atoms with Crippen LogP contribution < -0.4 is 0 Å². The number of unbranched alkanes of at least 4 members (excludes halogenated alkanes) is 3. The van der Waals surface area contributed by atoms with Crippen LogP contribution in [0.4, 0.5) is 0 Å². The molecule has 0 amide bonds. The third-order valence-corrected chi connectivity index (χ3v) is 12.1. The second-order valence-electron chi connectivity index (χ2n) is 7.48. The Kier molecular flexibility index (Phi) is 6.98. The topological polar surface area (TPSA) is 18.5 Å². The minimum atomic E-state index is -0.915. The van der Waals surface area contributed by atoms with Gasteiger partial charge in [-0.1, -0.05) is 45.2 Å². The van der Waals surface area contributed by atoms with E-state index in [1.807, 2.05) is 0 Å². The molecule has 2 heterocycles. The molecule has 124 valence electrons. The molecule has 0 saturated carbocycles. The lowest BCUT2D eigenvalue weighted by Crippen LogP contribution is -2.67. The molecule has 0 aliphatic carbocycles. The molecule has 2 aliphatic heterocycles. The van der Waals surface area contributed by atoms with Gasteiger partial charge in [0.25, 0.3) is 0 Å². The van der Waals surface area contributed by atoms with E-state index in [-0.39, 0.29) is 10.4 Å². The predicted molar refractivity (Wildman–Crippen MR) is 97.0 cm³/mol. The summed E-state index contributed by atoms with van der Waals surface area (Å²) in [6.45, 7) is 6.84. The van der Waals surface area contributed by atoms with Crippen molar-refractivity contribution in [3.63, 3.8) is 0 Å². The summed E-state index contributed by atoms with van der Waals surface area (Å²) in [5, 5.41) is 0.312. The minimum Gasteiger partial charge on any atom is -0.377 e. The van der Waals surface area contributed by atoms with Gasteiger partial charge in [0.05, 0.1) is 19.2 Å². The lowest BCUT2D eigenvalue weighted by atomic mass is 9.96. The summed E-state index contributed by atoms with van der Waals surface area (Å²) in [4.78, 5) is 0. The molecule has 0 bridgehead atoms. The highest BCUT2D eigenvalue weighted by molar-refractivity contribution is 6.62. The Balaban J connectivity index is 2.04. The molecule has 21 heavy (non-hydrogen) atoms. The van der Waals surface area contributed by atoms with Crippen LogP contribution in [0.5, 0.6) is 0 Å². The first kappa shape index (κ1) is 17.7. The third-order valence-electron chi connectivity index (χ3n) is 5.95. The Morgan fingerprint density at radius 2 is 1.67 bits per heavy atom. The first-order valence-electron chi connectivity index (χ1n) is 9.42. The zero-order chi connectivity index (χ0) is 15.2. The molecule has 0 spiro atoms. The van der Waals surface area contributed by atoms with Crippen molar-refractivity contribution >= 4 is 19.0 Å². The van der Waals surface area contributed by atoms with Gasteiger partial charge in [-0.3, -0.25) is 0 Å². The maximum absolute atomic E-state index is 6.60. The molecule has 0 aromatic rings. The van der Waals surface area contributed by atoms with E-state index < -0.39 is 8.80 Å². The van der Waals surface area contributed by atoms with Crippen LogP contribution in [0.2, 0.25) is 12.6 Å². The van der Waals surface area contributed by atoms with Crippen molar-refractivity contribution in [2.75, 3.05) is 13.2 Å². The van der Waals surface area contributed by atoms with Gasteiger partial charge < -0.3 is 9.47 Å². The number of ether oxygens (including phenoxy) is 2. The van der Waals surface area contributed by atoms with Crippen LogP contribution in [-0.2, 0) is 9.47 Å². The fourth-order valence-corrected chi connectivity index (χ4v) is 10.7. The molecule has 0 radical (unpaired) electrons. The van der Waals surface area contributed by atoms with E-state index >= 15 is 0 Å². The SMILES string of the molecule is CCCCCC[SiH](C)C1(C2([SiH3])CCCCO2)CCCCO1. The van der Waals surface area contributed by atoms with Crippen LogP contribution >= 0.6 is 0 Å². The largest absolute Gasteiger partial charge is 0.377 e. The highest BCUT2D eigenvalue weighted by atomic mass is 28.3. The fraction of sp³-hybridized carbons (Fsp3) is 1.00. The molecule has 2 saturated heterocycles. The van der Waals surface area contributed by atoms with Gasteiger partial charge in [-0.15, -0.1) is 0 Å². The van der Waals surface area contributed by atoms with E-state index in [0.717, 1.165) is 23.5 Å². The van der Waals surface area contributed by atoms with Crippen LogP contribution in [0.25, 0.3) is 0 Å². The van der Waals surface area contributed by atoms with Gasteiger partial charge >= 0.3 is 0 Å². The maximum atomic E-state index is 6.60. The second kappa shape index (κ2) is 8.27. The van der Waals surface area contributed by atoms with Crippen LogP contribution in [0.1, 0.15) is 71.1 Å². The monoisotopic (exact) mass is 328 g/mol. The van der Waals surface area contributed by atoms with Gasteiger partial charge in [0.2, 0.25) is 0 Å². The van der Waals surface area contributed by atoms with Crippen LogP contribution in [-0.4, -0.2) is 42.7 Å². The lowest BCUT2D eigenvalue weighted by molar-refractivity contribution is -0.161. The van der Waals surface area contributed by atoms with Crippen LogP contribution in [0.15, 0.2) is 0 Å². The fourth-order valence-electron chi connectivity index (χ4n) is 4.52. The standard InChI is InChI=1S/C17H36O2Si2/c1-3-4-5-10-15-21(2)17(12-7-9-14-19-17)16(20)11-6-8-13-18-16/h21H,3-15H2,1-2,20H3. The van der Waals surface area contributed by atoms with Crippen molar-refractivity contribution in [3.8, 4) is 0 Å². The van der Waals surface area contributed by atoms with Crippen molar-refractivity contribution < 1.29 is 9.47 Å². The molecule has 2 nitrogen and oxygen atoms in total. The smallest absolute Gasteiger partial charge is 0.0793 e. The molecular formula is C17H36O2Si2. The highest BCUT2D eigenvalue weighted by Gasteiger charge is 2.54. The van der Waals surface area contributed by atoms with Gasteiger partial charge in [0, 0.05) is 23.5 Å². The molecule has 0 aromatic carbocycles. The van der Waals surface area contributed by atoms with Crippen LogP contribution in [0.3, 0.4) is 0 Å². The van der Waals surface area contributed by atoms with Gasteiger partial charge in [0.1, 0.15) is 0 Å². The van der Waals surface area contributed by atoms with Crippen molar-refractivity contribution in [2.45, 2.75) is 94.2 Å². The van der Waals surface area contributed by atoms with Crippen molar-refractivity contribution in [2.24, 2.45) is 0 Å². The molecule has 3 unspecified atom stereocenters. The molecule has 0 N–H and O–H groups in total. The summed E-state index contributed by atoms with van der Waals surface area (Å²) < 4.78 is 13.0. The predicted octanol–water partition coefficient (Wildman–Crippen LogP) is 3.16. The molecule has 2 rings (SSSR count). The average molecular weight is 329 g/mol. The van der Waals surface area contributed by atoms with E-state index in [1.165, 1.54) is 70.3 Å². The molecule has 0 aromatic heterocycles. The zero-order valence-electron chi connectivity index (χ0n) is 14.6. The highest BCUT2D eigenvalue weighted by Crippen LogP contribution is 2.43. The van der Waals surface area contributed by atoms with Gasteiger partial charge in [-0.05, 0) is 38.5 Å². The lowest BCUT2D eigenvalue weighted by Gasteiger charge is -2.55. The Morgan fingerprint density at radius 1 is 0.952 bits per heavy atom. The summed E-state index contributed by atoms with van der Waals surface area (Å²) >= 11 is 0. The quantitative estimate of drug-likeness (QED) is 0.528. The number of rotatable bonds is 7. The summed E-state index contributed by atoms with van der Waals surface area (Å²) in [5.41, 5.74) is 0. The number of hydrogen-bond acceptors (Lipinski definition) is 2. The van der Waals surface area contributed by atoms with Gasteiger partial charge in [-0.2, -0.15) is 0 Å². The normalized spacial score (nSPS) is 35.7. The Morgan fingerprint density at radius 3 is 2.24 bits per heavy atom.